The van der Waals surface area contributed by atoms with Gasteiger partial charge in [0.25, 0.3) is 0 Å². The predicted molar refractivity (Wildman–Crippen MR) is 69.2 cm³/mol. The van der Waals surface area contributed by atoms with E-state index in [1.807, 2.05) is 27.7 Å². The van der Waals surface area contributed by atoms with Gasteiger partial charge in [-0.3, -0.25) is 4.79 Å². The van der Waals surface area contributed by atoms with E-state index in [4.69, 9.17) is 20.3 Å². The van der Waals surface area contributed by atoms with Crippen molar-refractivity contribution in [3.8, 4) is 0 Å². The van der Waals surface area contributed by atoms with Gasteiger partial charge in [0.15, 0.2) is 6.29 Å². The molecule has 0 heterocycles. The summed E-state index contributed by atoms with van der Waals surface area (Å²) < 4.78 is 10.2. The summed E-state index contributed by atoms with van der Waals surface area (Å²) in [5.41, 5.74) is 5.63. The number of thioether (sulfide) groups is 1. The first-order chi connectivity index (χ1) is 7.85. The summed E-state index contributed by atoms with van der Waals surface area (Å²) >= 11 is 1.45. The lowest BCUT2D eigenvalue weighted by atomic mass is 10.1. The van der Waals surface area contributed by atoms with Crippen LogP contribution in [0.1, 0.15) is 27.7 Å². The van der Waals surface area contributed by atoms with Crippen molar-refractivity contribution in [2.24, 2.45) is 5.73 Å². The van der Waals surface area contributed by atoms with E-state index in [1.165, 1.54) is 11.8 Å². The zero-order valence-electron chi connectivity index (χ0n) is 10.9. The summed E-state index contributed by atoms with van der Waals surface area (Å²) in [6.45, 7) is 8.54. The summed E-state index contributed by atoms with van der Waals surface area (Å²) in [7, 11) is 0. The predicted octanol–water partition coefficient (Wildman–Crippen LogP) is 1.31. The highest BCUT2D eigenvalue weighted by molar-refractivity contribution is 8.00. The van der Waals surface area contributed by atoms with Gasteiger partial charge in [-0.25, -0.2) is 0 Å². The maximum atomic E-state index is 10.8. The number of carboxylic acids is 1. The molecule has 0 bridgehead atoms. The van der Waals surface area contributed by atoms with Crippen molar-refractivity contribution < 1.29 is 19.4 Å². The smallest absolute Gasteiger partial charge is 0.321 e. The van der Waals surface area contributed by atoms with Gasteiger partial charge in [-0.2, -0.15) is 0 Å². The van der Waals surface area contributed by atoms with Crippen molar-refractivity contribution in [3.63, 3.8) is 0 Å². The fraction of sp³-hybridized carbons (Fsp3) is 0.909. The topological polar surface area (TPSA) is 81.8 Å². The lowest BCUT2D eigenvalue weighted by Crippen LogP contribution is -2.47. The fourth-order valence-electron chi connectivity index (χ4n) is 1.19. The van der Waals surface area contributed by atoms with Crippen LogP contribution in [0.2, 0.25) is 0 Å². The summed E-state index contributed by atoms with van der Waals surface area (Å²) in [5.74, 6) is -0.429. The van der Waals surface area contributed by atoms with Gasteiger partial charge in [0.2, 0.25) is 0 Å². The van der Waals surface area contributed by atoms with E-state index in [0.29, 0.717) is 19.0 Å². The largest absolute Gasteiger partial charge is 0.480 e. The van der Waals surface area contributed by atoms with Crippen LogP contribution in [0.5, 0.6) is 0 Å². The van der Waals surface area contributed by atoms with Gasteiger partial charge in [0.1, 0.15) is 6.04 Å². The first kappa shape index (κ1) is 16.7. The van der Waals surface area contributed by atoms with E-state index in [9.17, 15) is 4.79 Å². The third-order valence-electron chi connectivity index (χ3n) is 2.31. The average Bonchev–Trinajstić information content (AvgIpc) is 2.25. The van der Waals surface area contributed by atoms with Crippen LogP contribution in [0, 0.1) is 0 Å². The molecule has 0 aromatic carbocycles. The van der Waals surface area contributed by atoms with Crippen molar-refractivity contribution in [3.05, 3.63) is 0 Å². The van der Waals surface area contributed by atoms with Crippen LogP contribution in [-0.4, -0.2) is 47.1 Å². The molecule has 0 unspecified atom stereocenters. The molecule has 1 atom stereocenters. The van der Waals surface area contributed by atoms with Crippen LogP contribution < -0.4 is 5.73 Å². The third-order valence-corrected chi connectivity index (χ3v) is 3.75. The Morgan fingerprint density at radius 1 is 1.35 bits per heavy atom. The minimum atomic E-state index is -0.994. The van der Waals surface area contributed by atoms with E-state index in [1.54, 1.807) is 0 Å². The van der Waals surface area contributed by atoms with E-state index in [0.717, 1.165) is 0 Å². The molecule has 0 aromatic rings. The van der Waals surface area contributed by atoms with Crippen LogP contribution in [0.3, 0.4) is 0 Å². The van der Waals surface area contributed by atoms with Gasteiger partial charge < -0.3 is 20.3 Å². The zero-order chi connectivity index (χ0) is 13.5. The van der Waals surface area contributed by atoms with Gasteiger partial charge in [0, 0.05) is 23.7 Å². The van der Waals surface area contributed by atoms with E-state index in [-0.39, 0.29) is 6.29 Å². The van der Waals surface area contributed by atoms with E-state index >= 15 is 0 Å². The summed E-state index contributed by atoms with van der Waals surface area (Å²) in [6, 6.07) is -0.906. The molecule has 0 fully saturated rings. The Morgan fingerprint density at radius 2 is 1.82 bits per heavy atom. The molecular formula is C11H23NO4S. The third kappa shape index (κ3) is 6.26. The molecule has 0 aliphatic carbocycles. The number of aliphatic carboxylic acids is 1. The molecule has 0 saturated heterocycles. The molecule has 0 aromatic heterocycles. The van der Waals surface area contributed by atoms with Gasteiger partial charge >= 0.3 is 5.97 Å². The van der Waals surface area contributed by atoms with E-state index in [2.05, 4.69) is 0 Å². The van der Waals surface area contributed by atoms with Crippen LogP contribution in [-0.2, 0) is 14.3 Å². The maximum Gasteiger partial charge on any atom is 0.321 e. The first-order valence-corrected chi connectivity index (χ1v) is 6.69. The van der Waals surface area contributed by atoms with Gasteiger partial charge in [0.05, 0.1) is 0 Å². The number of nitrogens with two attached hydrogens (primary N) is 1. The first-order valence-electron chi connectivity index (χ1n) is 5.70. The van der Waals surface area contributed by atoms with Crippen molar-refractivity contribution in [2.75, 3.05) is 19.0 Å². The highest BCUT2D eigenvalue weighted by atomic mass is 32.2. The Bertz CT molecular complexity index is 230. The fourth-order valence-corrected chi connectivity index (χ4v) is 2.22. The Kier molecular flexibility index (Phi) is 7.78. The monoisotopic (exact) mass is 265 g/mol. The Balaban J connectivity index is 4.25. The van der Waals surface area contributed by atoms with Crippen molar-refractivity contribution in [1.29, 1.82) is 0 Å². The maximum absolute atomic E-state index is 10.8. The SMILES string of the molecule is CCOC(CSC(C)(C)[C@@H](N)C(=O)O)OCC. The van der Waals surface area contributed by atoms with Crippen LogP contribution in [0.15, 0.2) is 0 Å². The molecule has 102 valence electrons. The minimum Gasteiger partial charge on any atom is -0.480 e. The highest BCUT2D eigenvalue weighted by Gasteiger charge is 2.33. The average molecular weight is 265 g/mol. The van der Waals surface area contributed by atoms with Crippen LogP contribution in [0.25, 0.3) is 0 Å². The number of carbonyl (C=O) groups is 1. The molecule has 0 amide bonds. The van der Waals surface area contributed by atoms with Crippen molar-refractivity contribution in [1.82, 2.24) is 0 Å². The van der Waals surface area contributed by atoms with Crippen molar-refractivity contribution >= 4 is 17.7 Å². The van der Waals surface area contributed by atoms with Crippen LogP contribution >= 0.6 is 11.8 Å². The van der Waals surface area contributed by atoms with Gasteiger partial charge in [-0.05, 0) is 27.7 Å². The normalized spacial score (nSPS) is 14.0. The molecule has 17 heavy (non-hydrogen) atoms. The highest BCUT2D eigenvalue weighted by Crippen LogP contribution is 2.28. The van der Waals surface area contributed by atoms with Crippen LogP contribution in [0.4, 0.5) is 0 Å². The number of hydrogen-bond donors (Lipinski definition) is 2. The number of ether oxygens (including phenoxy) is 2. The second kappa shape index (κ2) is 7.92. The molecule has 0 aliphatic rings. The molecular weight excluding hydrogens is 242 g/mol. The summed E-state index contributed by atoms with van der Waals surface area (Å²) in [4.78, 5) is 10.8. The Morgan fingerprint density at radius 3 is 2.18 bits per heavy atom. The molecule has 6 heteroatoms. The molecule has 0 radical (unpaired) electrons. The van der Waals surface area contributed by atoms with Crippen molar-refractivity contribution in [2.45, 2.75) is 44.8 Å². The molecule has 0 aliphatic heterocycles. The lowest BCUT2D eigenvalue weighted by Gasteiger charge is -2.29. The standard InChI is InChI=1S/C11H23NO4S/c1-5-15-8(16-6-2)7-17-11(3,4)9(12)10(13)14/h8-9H,5-7,12H2,1-4H3,(H,13,14)/t9-/m0/s1. The Labute approximate surface area is 107 Å². The number of carboxylic acid groups (broad SMARTS) is 1. The Hall–Kier alpha value is -0.300. The second-order valence-electron chi connectivity index (χ2n) is 4.07. The van der Waals surface area contributed by atoms with Gasteiger partial charge in [-0.1, -0.05) is 0 Å². The molecule has 0 spiro atoms. The quantitative estimate of drug-likeness (QED) is 0.612. The zero-order valence-corrected chi connectivity index (χ0v) is 11.8. The molecule has 3 N–H and O–H groups in total. The summed E-state index contributed by atoms with van der Waals surface area (Å²) in [6.07, 6.45) is -0.310. The number of hydrogen-bond acceptors (Lipinski definition) is 5. The number of rotatable bonds is 9. The summed E-state index contributed by atoms with van der Waals surface area (Å²) in [5, 5.41) is 8.89. The van der Waals surface area contributed by atoms with Gasteiger partial charge in [-0.15, -0.1) is 11.8 Å². The second-order valence-corrected chi connectivity index (χ2v) is 5.74. The molecule has 0 rings (SSSR count). The molecule has 5 nitrogen and oxygen atoms in total. The van der Waals surface area contributed by atoms with E-state index < -0.39 is 16.8 Å². The minimum absolute atomic E-state index is 0.310. The lowest BCUT2D eigenvalue weighted by molar-refractivity contribution is -0.139. The molecule has 0 saturated carbocycles.